The first-order valence-electron chi connectivity index (χ1n) is 7.57. The SMILES string of the molecule is CCCNC(Cc1ccc(I)cc1)c1c(C)oc(C)c1C. The second-order valence-electron chi connectivity index (χ2n) is 5.59. The Hall–Kier alpha value is -0.810. The van der Waals surface area contributed by atoms with Crippen LogP contribution in [-0.2, 0) is 6.42 Å². The van der Waals surface area contributed by atoms with E-state index >= 15 is 0 Å². The lowest BCUT2D eigenvalue weighted by atomic mass is 9.95. The molecule has 0 aliphatic heterocycles. The maximum Gasteiger partial charge on any atom is 0.106 e. The minimum absolute atomic E-state index is 0.322. The molecule has 1 aromatic carbocycles. The molecule has 1 heterocycles. The van der Waals surface area contributed by atoms with Gasteiger partial charge in [-0.2, -0.15) is 0 Å². The summed E-state index contributed by atoms with van der Waals surface area (Å²) in [4.78, 5) is 0. The molecule has 0 bridgehead atoms. The summed E-state index contributed by atoms with van der Waals surface area (Å²) in [6.07, 6.45) is 2.13. The van der Waals surface area contributed by atoms with Gasteiger partial charge >= 0.3 is 0 Å². The Morgan fingerprint density at radius 1 is 1.10 bits per heavy atom. The number of furan rings is 1. The average Bonchev–Trinajstić information content (AvgIpc) is 2.71. The molecule has 0 radical (unpaired) electrons. The lowest BCUT2D eigenvalue weighted by molar-refractivity contribution is 0.480. The molecule has 114 valence electrons. The van der Waals surface area contributed by atoms with Crippen molar-refractivity contribution in [1.29, 1.82) is 0 Å². The number of halogens is 1. The maximum atomic E-state index is 5.82. The summed E-state index contributed by atoms with van der Waals surface area (Å²) in [7, 11) is 0. The highest BCUT2D eigenvalue weighted by molar-refractivity contribution is 14.1. The van der Waals surface area contributed by atoms with Crippen molar-refractivity contribution in [1.82, 2.24) is 5.32 Å². The van der Waals surface area contributed by atoms with E-state index in [4.69, 9.17) is 4.42 Å². The maximum absolute atomic E-state index is 5.82. The van der Waals surface area contributed by atoms with Crippen molar-refractivity contribution in [3.05, 3.63) is 56.0 Å². The summed E-state index contributed by atoms with van der Waals surface area (Å²) in [5, 5.41) is 3.68. The molecule has 2 nitrogen and oxygen atoms in total. The van der Waals surface area contributed by atoms with E-state index in [1.807, 2.05) is 6.92 Å². The summed E-state index contributed by atoms with van der Waals surface area (Å²) < 4.78 is 7.10. The van der Waals surface area contributed by atoms with Gasteiger partial charge < -0.3 is 9.73 Å². The van der Waals surface area contributed by atoms with Crippen LogP contribution in [0.3, 0.4) is 0 Å². The molecule has 1 unspecified atom stereocenters. The molecular weight excluding hydrogens is 373 g/mol. The number of nitrogens with one attached hydrogen (secondary N) is 1. The summed E-state index contributed by atoms with van der Waals surface area (Å²) in [5.74, 6) is 2.08. The molecular formula is C18H24INO. The van der Waals surface area contributed by atoms with Crippen molar-refractivity contribution >= 4 is 22.6 Å². The number of benzene rings is 1. The molecule has 0 saturated carbocycles. The first-order chi connectivity index (χ1) is 10.0. The minimum Gasteiger partial charge on any atom is -0.466 e. The highest BCUT2D eigenvalue weighted by Crippen LogP contribution is 2.29. The number of hydrogen-bond donors (Lipinski definition) is 1. The summed E-state index contributed by atoms with van der Waals surface area (Å²) in [6, 6.07) is 9.11. The van der Waals surface area contributed by atoms with Crippen LogP contribution in [0.1, 0.15) is 47.6 Å². The van der Waals surface area contributed by atoms with E-state index in [0.29, 0.717) is 6.04 Å². The first kappa shape index (κ1) is 16.6. The molecule has 2 rings (SSSR count). The average molecular weight is 397 g/mol. The van der Waals surface area contributed by atoms with E-state index in [1.165, 1.54) is 20.3 Å². The van der Waals surface area contributed by atoms with Crippen LogP contribution in [0.2, 0.25) is 0 Å². The monoisotopic (exact) mass is 397 g/mol. The highest BCUT2D eigenvalue weighted by atomic mass is 127. The number of rotatable bonds is 6. The fourth-order valence-corrected chi connectivity index (χ4v) is 3.13. The van der Waals surface area contributed by atoms with Crippen molar-refractivity contribution in [3.8, 4) is 0 Å². The lowest BCUT2D eigenvalue weighted by Gasteiger charge is -2.19. The largest absolute Gasteiger partial charge is 0.466 e. The van der Waals surface area contributed by atoms with Gasteiger partial charge in [0.05, 0.1) is 0 Å². The van der Waals surface area contributed by atoms with Gasteiger partial charge in [-0.25, -0.2) is 0 Å². The van der Waals surface area contributed by atoms with Crippen LogP contribution in [0, 0.1) is 24.3 Å². The van der Waals surface area contributed by atoms with Gasteiger partial charge in [-0.1, -0.05) is 19.1 Å². The normalized spacial score (nSPS) is 12.6. The van der Waals surface area contributed by atoms with E-state index in [9.17, 15) is 0 Å². The summed E-state index contributed by atoms with van der Waals surface area (Å²) in [5.41, 5.74) is 3.98. The predicted octanol–water partition coefficient (Wildman–Crippen LogP) is 5.09. The van der Waals surface area contributed by atoms with E-state index in [-0.39, 0.29) is 0 Å². The van der Waals surface area contributed by atoms with Gasteiger partial charge in [-0.3, -0.25) is 0 Å². The van der Waals surface area contributed by atoms with Gasteiger partial charge in [-0.05, 0) is 86.0 Å². The Morgan fingerprint density at radius 2 is 1.76 bits per heavy atom. The van der Waals surface area contributed by atoms with Crippen molar-refractivity contribution in [2.75, 3.05) is 6.54 Å². The van der Waals surface area contributed by atoms with Crippen molar-refractivity contribution in [2.45, 2.75) is 46.6 Å². The van der Waals surface area contributed by atoms with Gasteiger partial charge in [0.15, 0.2) is 0 Å². The highest BCUT2D eigenvalue weighted by Gasteiger charge is 2.20. The molecule has 1 N–H and O–H groups in total. The van der Waals surface area contributed by atoms with Gasteiger partial charge in [0.2, 0.25) is 0 Å². The molecule has 3 heteroatoms. The van der Waals surface area contributed by atoms with Crippen LogP contribution in [0.25, 0.3) is 0 Å². The zero-order chi connectivity index (χ0) is 15.4. The Kier molecular flexibility index (Phi) is 5.88. The Bertz CT molecular complexity index is 586. The first-order valence-corrected chi connectivity index (χ1v) is 8.65. The van der Waals surface area contributed by atoms with E-state index < -0.39 is 0 Å². The second-order valence-corrected chi connectivity index (χ2v) is 6.84. The summed E-state index contributed by atoms with van der Waals surface area (Å²) in [6.45, 7) is 9.51. The molecule has 0 fully saturated rings. The third-order valence-corrected chi connectivity index (χ3v) is 4.68. The molecule has 21 heavy (non-hydrogen) atoms. The number of aryl methyl sites for hydroxylation is 2. The van der Waals surface area contributed by atoms with Crippen LogP contribution in [0.4, 0.5) is 0 Å². The van der Waals surface area contributed by atoms with Crippen LogP contribution in [0.15, 0.2) is 28.7 Å². The van der Waals surface area contributed by atoms with Crippen molar-refractivity contribution in [3.63, 3.8) is 0 Å². The lowest BCUT2D eigenvalue weighted by Crippen LogP contribution is -2.25. The predicted molar refractivity (Wildman–Crippen MR) is 96.8 cm³/mol. The quantitative estimate of drug-likeness (QED) is 0.687. The Labute approximate surface area is 141 Å². The zero-order valence-electron chi connectivity index (χ0n) is 13.3. The van der Waals surface area contributed by atoms with Gasteiger partial charge in [0, 0.05) is 15.2 Å². The number of hydrogen-bond acceptors (Lipinski definition) is 2. The third kappa shape index (κ3) is 4.10. The standard InChI is InChI=1S/C18H24INO/c1-5-10-20-17(11-15-6-8-16(19)9-7-15)18-12(2)13(3)21-14(18)4/h6-9,17,20H,5,10-11H2,1-4H3. The fourth-order valence-electron chi connectivity index (χ4n) is 2.77. The topological polar surface area (TPSA) is 25.2 Å². The van der Waals surface area contributed by atoms with Crippen LogP contribution in [0.5, 0.6) is 0 Å². The van der Waals surface area contributed by atoms with Crippen LogP contribution < -0.4 is 5.32 Å². The molecule has 2 aromatic rings. The van der Waals surface area contributed by atoms with E-state index in [2.05, 4.69) is 72.9 Å². The van der Waals surface area contributed by atoms with Gasteiger partial charge in [0.25, 0.3) is 0 Å². The molecule has 1 atom stereocenters. The Balaban J connectivity index is 2.27. The Morgan fingerprint density at radius 3 is 2.29 bits per heavy atom. The minimum atomic E-state index is 0.322. The fraction of sp³-hybridized carbons (Fsp3) is 0.444. The van der Waals surface area contributed by atoms with E-state index in [1.54, 1.807) is 0 Å². The zero-order valence-corrected chi connectivity index (χ0v) is 15.5. The van der Waals surface area contributed by atoms with Gasteiger partial charge in [-0.15, -0.1) is 0 Å². The van der Waals surface area contributed by atoms with Gasteiger partial charge in [0.1, 0.15) is 11.5 Å². The molecule has 0 aliphatic carbocycles. The molecule has 1 aromatic heterocycles. The molecule has 0 saturated heterocycles. The summed E-state index contributed by atoms with van der Waals surface area (Å²) >= 11 is 2.35. The molecule has 0 amide bonds. The van der Waals surface area contributed by atoms with Crippen molar-refractivity contribution < 1.29 is 4.42 Å². The van der Waals surface area contributed by atoms with Crippen LogP contribution >= 0.6 is 22.6 Å². The van der Waals surface area contributed by atoms with Crippen molar-refractivity contribution in [2.24, 2.45) is 0 Å². The smallest absolute Gasteiger partial charge is 0.106 e. The van der Waals surface area contributed by atoms with Crippen LogP contribution in [-0.4, -0.2) is 6.54 Å². The van der Waals surface area contributed by atoms with E-state index in [0.717, 1.165) is 30.9 Å². The molecule has 0 aliphatic rings. The molecule has 0 spiro atoms. The second kappa shape index (κ2) is 7.45. The third-order valence-electron chi connectivity index (χ3n) is 3.96.